The van der Waals surface area contributed by atoms with E-state index in [2.05, 4.69) is 0 Å². The predicted molar refractivity (Wildman–Crippen MR) is 44.0 cm³/mol. The molecule has 0 nitrogen and oxygen atoms in total. The van der Waals surface area contributed by atoms with E-state index in [0.717, 1.165) is 11.4 Å². The minimum absolute atomic E-state index is 0.765. The summed E-state index contributed by atoms with van der Waals surface area (Å²) in [5.41, 5.74) is 1.19. The average Bonchev–Trinajstić information content (AvgIpc) is 1.95. The smallest absolute Gasteiger partial charge is 0.0406 e. The summed E-state index contributed by atoms with van der Waals surface area (Å²) in [6.45, 7) is 5.24. The Hall–Kier alpha value is -0.750. The molecule has 0 aliphatic carbocycles. The van der Waals surface area contributed by atoms with E-state index in [9.17, 15) is 0 Å². The molecule has 1 radical (unpaired) electrons. The fourth-order valence-electron chi connectivity index (χ4n) is 0.757. The fraction of sp³-hybridized carbons (Fsp3) is 0.111. The Morgan fingerprint density at radius 1 is 1.30 bits per heavy atom. The third-order valence-electron chi connectivity index (χ3n) is 1.27. The lowest BCUT2D eigenvalue weighted by Gasteiger charge is -1.94. The van der Waals surface area contributed by atoms with Crippen LogP contribution in [-0.4, -0.2) is 0 Å². The molecular formula is C9H8Cl. The zero-order valence-electron chi connectivity index (χ0n) is 5.55. The molecule has 0 unspecified atom stereocenters. The van der Waals surface area contributed by atoms with Gasteiger partial charge in [-0.25, -0.2) is 0 Å². The fourth-order valence-corrected chi connectivity index (χ4v) is 0.883. The van der Waals surface area contributed by atoms with Crippen molar-refractivity contribution >= 4 is 11.6 Å². The van der Waals surface area contributed by atoms with Gasteiger partial charge >= 0.3 is 0 Å². The predicted octanol–water partition coefficient (Wildman–Crippen LogP) is 2.87. The SMILES string of the molecule is [CH]=CCc1ccc(Cl)cc1. The number of allylic oxidation sites excluding steroid dienone is 1. The topological polar surface area (TPSA) is 0 Å². The van der Waals surface area contributed by atoms with Gasteiger partial charge in [-0.2, -0.15) is 0 Å². The minimum Gasteiger partial charge on any atom is -0.0843 e. The van der Waals surface area contributed by atoms with Crippen LogP contribution < -0.4 is 0 Å². The molecule has 1 aromatic rings. The van der Waals surface area contributed by atoms with E-state index in [0.29, 0.717) is 0 Å². The Labute approximate surface area is 66.1 Å². The van der Waals surface area contributed by atoms with Crippen molar-refractivity contribution in [2.24, 2.45) is 0 Å². The van der Waals surface area contributed by atoms with Crippen molar-refractivity contribution in [1.82, 2.24) is 0 Å². The maximum atomic E-state index is 5.67. The molecule has 0 saturated heterocycles. The van der Waals surface area contributed by atoms with E-state index in [1.165, 1.54) is 5.56 Å². The van der Waals surface area contributed by atoms with Crippen LogP contribution in [0.2, 0.25) is 5.02 Å². The Balaban J connectivity index is 2.78. The summed E-state index contributed by atoms with van der Waals surface area (Å²) in [6.07, 6.45) is 2.43. The Kier molecular flexibility index (Phi) is 2.52. The molecule has 10 heavy (non-hydrogen) atoms. The maximum Gasteiger partial charge on any atom is 0.0406 e. The number of benzene rings is 1. The summed E-state index contributed by atoms with van der Waals surface area (Å²) in [5, 5.41) is 0.765. The summed E-state index contributed by atoms with van der Waals surface area (Å²) < 4.78 is 0. The van der Waals surface area contributed by atoms with Gasteiger partial charge in [-0.05, 0) is 24.1 Å². The van der Waals surface area contributed by atoms with E-state index in [4.69, 9.17) is 18.2 Å². The standard InChI is InChI=1S/C9H8Cl/c1-2-3-8-4-6-9(10)7-5-8/h1-2,4-7H,3H2. The highest BCUT2D eigenvalue weighted by Crippen LogP contribution is 2.09. The van der Waals surface area contributed by atoms with Gasteiger partial charge in [0.1, 0.15) is 0 Å². The summed E-state index contributed by atoms with van der Waals surface area (Å²) in [5.74, 6) is 0. The van der Waals surface area contributed by atoms with Gasteiger partial charge in [-0.1, -0.05) is 36.4 Å². The molecule has 1 aromatic carbocycles. The Morgan fingerprint density at radius 2 is 1.90 bits per heavy atom. The second-order valence-corrected chi connectivity index (χ2v) is 2.50. The lowest BCUT2D eigenvalue weighted by molar-refractivity contribution is 1.27. The highest BCUT2D eigenvalue weighted by Gasteiger charge is 1.87. The van der Waals surface area contributed by atoms with Crippen molar-refractivity contribution in [3.8, 4) is 0 Å². The lowest BCUT2D eigenvalue weighted by Crippen LogP contribution is -1.77. The molecular weight excluding hydrogens is 144 g/mol. The molecule has 0 N–H and O–H groups in total. The van der Waals surface area contributed by atoms with E-state index >= 15 is 0 Å². The van der Waals surface area contributed by atoms with Gasteiger partial charge in [-0.15, -0.1) is 0 Å². The van der Waals surface area contributed by atoms with Crippen LogP contribution in [0.5, 0.6) is 0 Å². The molecule has 1 rings (SSSR count). The van der Waals surface area contributed by atoms with Gasteiger partial charge in [0.25, 0.3) is 0 Å². The first kappa shape index (κ1) is 7.36. The van der Waals surface area contributed by atoms with Gasteiger partial charge in [0.2, 0.25) is 0 Å². The molecule has 0 heterocycles. The Bertz CT molecular complexity index is 211. The van der Waals surface area contributed by atoms with E-state index < -0.39 is 0 Å². The van der Waals surface area contributed by atoms with E-state index in [-0.39, 0.29) is 0 Å². The minimum atomic E-state index is 0.765. The number of rotatable bonds is 2. The maximum absolute atomic E-state index is 5.67. The summed E-state index contributed by atoms with van der Waals surface area (Å²) in [7, 11) is 0. The zero-order chi connectivity index (χ0) is 7.40. The van der Waals surface area contributed by atoms with E-state index in [1.54, 1.807) is 6.08 Å². The second kappa shape index (κ2) is 3.43. The first-order valence-corrected chi connectivity index (χ1v) is 3.48. The van der Waals surface area contributed by atoms with Crippen LogP contribution in [-0.2, 0) is 6.42 Å². The molecule has 0 spiro atoms. The third kappa shape index (κ3) is 1.89. The molecule has 0 aliphatic heterocycles. The zero-order valence-corrected chi connectivity index (χ0v) is 6.31. The first-order valence-electron chi connectivity index (χ1n) is 3.11. The van der Waals surface area contributed by atoms with Crippen LogP contribution in [0.4, 0.5) is 0 Å². The molecule has 51 valence electrons. The van der Waals surface area contributed by atoms with Crippen molar-refractivity contribution in [3.05, 3.63) is 47.5 Å². The van der Waals surface area contributed by atoms with Gasteiger partial charge in [0.15, 0.2) is 0 Å². The van der Waals surface area contributed by atoms with Crippen molar-refractivity contribution in [2.75, 3.05) is 0 Å². The molecule has 0 atom stereocenters. The monoisotopic (exact) mass is 151 g/mol. The molecule has 1 heteroatoms. The quantitative estimate of drug-likeness (QED) is 0.610. The average molecular weight is 152 g/mol. The van der Waals surface area contributed by atoms with Crippen LogP contribution in [0.15, 0.2) is 30.3 Å². The number of hydrogen-bond acceptors (Lipinski definition) is 0. The summed E-state index contributed by atoms with van der Waals surface area (Å²) in [6, 6.07) is 7.65. The molecule has 0 amide bonds. The van der Waals surface area contributed by atoms with Crippen molar-refractivity contribution < 1.29 is 0 Å². The van der Waals surface area contributed by atoms with Crippen LogP contribution in [0.3, 0.4) is 0 Å². The number of hydrogen-bond donors (Lipinski definition) is 0. The lowest BCUT2D eigenvalue weighted by atomic mass is 10.2. The van der Waals surface area contributed by atoms with Crippen molar-refractivity contribution in [1.29, 1.82) is 0 Å². The third-order valence-corrected chi connectivity index (χ3v) is 1.52. The normalized spacial score (nSPS) is 9.30. The molecule has 0 aromatic heterocycles. The molecule has 0 fully saturated rings. The van der Waals surface area contributed by atoms with E-state index in [1.807, 2.05) is 24.3 Å². The number of halogens is 1. The van der Waals surface area contributed by atoms with Gasteiger partial charge in [0, 0.05) is 5.02 Å². The van der Waals surface area contributed by atoms with Crippen molar-refractivity contribution in [2.45, 2.75) is 6.42 Å². The highest BCUT2D eigenvalue weighted by molar-refractivity contribution is 6.30. The van der Waals surface area contributed by atoms with Crippen molar-refractivity contribution in [3.63, 3.8) is 0 Å². The largest absolute Gasteiger partial charge is 0.0843 e. The van der Waals surface area contributed by atoms with Crippen LogP contribution in [0, 0.1) is 6.58 Å². The second-order valence-electron chi connectivity index (χ2n) is 2.07. The summed E-state index contributed by atoms with van der Waals surface area (Å²) >= 11 is 5.67. The molecule has 0 aliphatic rings. The summed E-state index contributed by atoms with van der Waals surface area (Å²) in [4.78, 5) is 0. The van der Waals surface area contributed by atoms with Crippen LogP contribution >= 0.6 is 11.6 Å². The van der Waals surface area contributed by atoms with Crippen LogP contribution in [0.1, 0.15) is 5.56 Å². The molecule has 0 saturated carbocycles. The Morgan fingerprint density at radius 3 is 2.40 bits per heavy atom. The van der Waals surface area contributed by atoms with Gasteiger partial charge in [-0.3, -0.25) is 0 Å². The highest BCUT2D eigenvalue weighted by atomic mass is 35.5. The van der Waals surface area contributed by atoms with Gasteiger partial charge in [0.05, 0.1) is 0 Å². The first-order chi connectivity index (χ1) is 4.83. The molecule has 0 bridgehead atoms. The van der Waals surface area contributed by atoms with Gasteiger partial charge < -0.3 is 0 Å². The van der Waals surface area contributed by atoms with Crippen LogP contribution in [0.25, 0.3) is 0 Å².